The number of anilines is 1. The van der Waals surface area contributed by atoms with Gasteiger partial charge in [0.1, 0.15) is 5.76 Å². The highest BCUT2D eigenvalue weighted by atomic mass is 32.2. The second-order valence-corrected chi connectivity index (χ2v) is 6.27. The Morgan fingerprint density at radius 3 is 2.44 bits per heavy atom. The van der Waals surface area contributed by atoms with Crippen LogP contribution < -0.4 is 5.73 Å². The van der Waals surface area contributed by atoms with Crippen LogP contribution in [0.5, 0.6) is 0 Å². The molecule has 1 aromatic carbocycles. The van der Waals surface area contributed by atoms with E-state index in [1.807, 2.05) is 30.5 Å². The first-order valence-corrected chi connectivity index (χ1v) is 6.87. The number of benzene rings is 1. The summed E-state index contributed by atoms with van der Waals surface area (Å²) in [6.07, 6.45) is 1.82. The molecule has 0 fully saturated rings. The van der Waals surface area contributed by atoms with Crippen LogP contribution in [0, 0.1) is 0 Å². The Balaban J connectivity index is 1.98. The van der Waals surface area contributed by atoms with Gasteiger partial charge in [0.15, 0.2) is 0 Å². The Kier molecular flexibility index (Phi) is 3.66. The summed E-state index contributed by atoms with van der Waals surface area (Å²) in [7, 11) is 0. The minimum atomic E-state index is 0.0110. The minimum Gasteiger partial charge on any atom is -0.444 e. The van der Waals surface area contributed by atoms with Crippen LogP contribution in [0.2, 0.25) is 0 Å². The van der Waals surface area contributed by atoms with E-state index in [0.717, 1.165) is 23.1 Å². The third-order valence-corrected chi connectivity index (χ3v) is 3.53. The van der Waals surface area contributed by atoms with Gasteiger partial charge in [-0.05, 0) is 24.3 Å². The molecule has 0 unspecified atom stereocenters. The first-order chi connectivity index (χ1) is 8.45. The predicted octanol–water partition coefficient (Wildman–Crippen LogP) is 3.85. The summed E-state index contributed by atoms with van der Waals surface area (Å²) in [5.41, 5.74) is 6.44. The molecule has 2 aromatic rings. The van der Waals surface area contributed by atoms with Gasteiger partial charge in [-0.3, -0.25) is 0 Å². The molecule has 0 aliphatic heterocycles. The zero-order valence-corrected chi connectivity index (χ0v) is 11.8. The van der Waals surface area contributed by atoms with Crippen molar-refractivity contribution >= 4 is 17.4 Å². The largest absolute Gasteiger partial charge is 0.444 e. The van der Waals surface area contributed by atoms with Crippen LogP contribution in [-0.4, -0.2) is 4.98 Å². The summed E-state index contributed by atoms with van der Waals surface area (Å²) in [6.45, 7) is 6.35. The maximum absolute atomic E-state index is 5.74. The monoisotopic (exact) mass is 262 g/mol. The van der Waals surface area contributed by atoms with Gasteiger partial charge < -0.3 is 10.2 Å². The Bertz CT molecular complexity index is 511. The van der Waals surface area contributed by atoms with Crippen molar-refractivity contribution in [3.8, 4) is 0 Å². The van der Waals surface area contributed by atoms with E-state index in [4.69, 9.17) is 10.2 Å². The Morgan fingerprint density at radius 2 is 1.89 bits per heavy atom. The summed E-state index contributed by atoms with van der Waals surface area (Å²) in [5.74, 6) is 2.43. The lowest BCUT2D eigenvalue weighted by atomic mass is 9.94. The molecule has 0 radical (unpaired) electrons. The molecular weight excluding hydrogens is 244 g/mol. The van der Waals surface area contributed by atoms with E-state index in [-0.39, 0.29) is 5.41 Å². The molecule has 0 saturated heterocycles. The van der Waals surface area contributed by atoms with Gasteiger partial charge in [-0.1, -0.05) is 20.8 Å². The number of hydrogen-bond acceptors (Lipinski definition) is 4. The molecule has 0 aliphatic carbocycles. The van der Waals surface area contributed by atoms with Crippen LogP contribution in [0.25, 0.3) is 0 Å². The van der Waals surface area contributed by atoms with Gasteiger partial charge in [0.05, 0.1) is 11.9 Å². The van der Waals surface area contributed by atoms with Crippen molar-refractivity contribution < 1.29 is 4.42 Å². The van der Waals surface area contributed by atoms with Crippen molar-refractivity contribution in [1.29, 1.82) is 0 Å². The second kappa shape index (κ2) is 5.06. The highest BCUT2D eigenvalue weighted by Crippen LogP contribution is 2.27. The van der Waals surface area contributed by atoms with Crippen molar-refractivity contribution in [1.82, 2.24) is 4.98 Å². The van der Waals surface area contributed by atoms with Gasteiger partial charge in [-0.25, -0.2) is 4.98 Å². The van der Waals surface area contributed by atoms with Crippen molar-refractivity contribution in [2.24, 2.45) is 0 Å². The quantitative estimate of drug-likeness (QED) is 0.674. The molecule has 4 heteroatoms. The standard InChI is InChI=1S/C14H18N2OS/c1-14(2,3)12-8-16-13(17-12)9-18-11-6-4-10(15)5-7-11/h4-8H,9,15H2,1-3H3. The summed E-state index contributed by atoms with van der Waals surface area (Å²) in [4.78, 5) is 5.47. The van der Waals surface area contributed by atoms with Crippen LogP contribution in [0.15, 0.2) is 39.8 Å². The second-order valence-electron chi connectivity index (χ2n) is 5.23. The molecule has 18 heavy (non-hydrogen) atoms. The highest BCUT2D eigenvalue weighted by Gasteiger charge is 2.19. The fourth-order valence-corrected chi connectivity index (χ4v) is 2.18. The molecule has 2 N–H and O–H groups in total. The topological polar surface area (TPSA) is 52.0 Å². The Hall–Kier alpha value is -1.42. The van der Waals surface area contributed by atoms with Gasteiger partial charge in [0, 0.05) is 16.0 Å². The fourth-order valence-electron chi connectivity index (χ4n) is 1.43. The first-order valence-electron chi connectivity index (χ1n) is 5.89. The number of nitrogen functional groups attached to an aromatic ring is 1. The summed E-state index contributed by atoms with van der Waals surface area (Å²) in [6, 6.07) is 7.82. The number of hydrogen-bond donors (Lipinski definition) is 1. The SMILES string of the molecule is CC(C)(C)c1cnc(CSc2ccc(N)cc2)o1. The van der Waals surface area contributed by atoms with E-state index >= 15 is 0 Å². The fraction of sp³-hybridized carbons (Fsp3) is 0.357. The van der Waals surface area contributed by atoms with Crippen molar-refractivity contribution in [3.63, 3.8) is 0 Å². The van der Waals surface area contributed by atoms with Gasteiger partial charge in [-0.15, -0.1) is 11.8 Å². The van der Waals surface area contributed by atoms with Crippen molar-refractivity contribution in [2.45, 2.75) is 36.8 Å². The summed E-state index contributed by atoms with van der Waals surface area (Å²) < 4.78 is 5.74. The van der Waals surface area contributed by atoms with E-state index in [1.54, 1.807) is 11.8 Å². The van der Waals surface area contributed by atoms with Gasteiger partial charge >= 0.3 is 0 Å². The van der Waals surface area contributed by atoms with E-state index in [0.29, 0.717) is 0 Å². The molecule has 1 aromatic heterocycles. The summed E-state index contributed by atoms with van der Waals surface area (Å²) in [5, 5.41) is 0. The summed E-state index contributed by atoms with van der Waals surface area (Å²) >= 11 is 1.69. The van der Waals surface area contributed by atoms with Crippen LogP contribution in [0.3, 0.4) is 0 Å². The van der Waals surface area contributed by atoms with Gasteiger partial charge in [0.2, 0.25) is 5.89 Å². The average molecular weight is 262 g/mol. The first kappa shape index (κ1) is 13.0. The molecule has 0 saturated carbocycles. The van der Waals surface area contributed by atoms with Crippen LogP contribution >= 0.6 is 11.8 Å². The average Bonchev–Trinajstić information content (AvgIpc) is 2.77. The van der Waals surface area contributed by atoms with Gasteiger partial charge in [0.25, 0.3) is 0 Å². The number of nitrogens with zero attached hydrogens (tertiary/aromatic N) is 1. The van der Waals surface area contributed by atoms with E-state index in [2.05, 4.69) is 25.8 Å². The van der Waals surface area contributed by atoms with E-state index in [9.17, 15) is 0 Å². The third kappa shape index (κ3) is 3.29. The Labute approximate surface area is 112 Å². The molecule has 0 atom stereocenters. The number of rotatable bonds is 3. The molecule has 2 rings (SSSR count). The highest BCUT2D eigenvalue weighted by molar-refractivity contribution is 7.98. The molecule has 0 spiro atoms. The normalized spacial score (nSPS) is 11.7. The maximum Gasteiger partial charge on any atom is 0.204 e. The van der Waals surface area contributed by atoms with Crippen molar-refractivity contribution in [2.75, 3.05) is 5.73 Å². The number of aromatic nitrogens is 1. The smallest absolute Gasteiger partial charge is 0.204 e. The predicted molar refractivity (Wildman–Crippen MR) is 75.6 cm³/mol. The van der Waals surface area contributed by atoms with E-state index < -0.39 is 0 Å². The van der Waals surface area contributed by atoms with Crippen molar-refractivity contribution in [3.05, 3.63) is 42.1 Å². The molecule has 0 amide bonds. The maximum atomic E-state index is 5.74. The Morgan fingerprint density at radius 1 is 1.22 bits per heavy atom. The lowest BCUT2D eigenvalue weighted by Gasteiger charge is -2.13. The number of thioether (sulfide) groups is 1. The molecular formula is C14H18N2OS. The molecule has 1 heterocycles. The lowest BCUT2D eigenvalue weighted by Crippen LogP contribution is -2.09. The minimum absolute atomic E-state index is 0.0110. The van der Waals surface area contributed by atoms with Crippen LogP contribution in [0.4, 0.5) is 5.69 Å². The zero-order chi connectivity index (χ0) is 13.2. The molecule has 0 aliphatic rings. The number of nitrogens with two attached hydrogens (primary N) is 1. The van der Waals surface area contributed by atoms with Crippen LogP contribution in [0.1, 0.15) is 32.4 Å². The zero-order valence-electron chi connectivity index (χ0n) is 10.9. The van der Waals surface area contributed by atoms with E-state index in [1.165, 1.54) is 4.90 Å². The van der Waals surface area contributed by atoms with Gasteiger partial charge in [-0.2, -0.15) is 0 Å². The lowest BCUT2D eigenvalue weighted by molar-refractivity contribution is 0.391. The molecule has 0 bridgehead atoms. The molecule has 96 valence electrons. The van der Waals surface area contributed by atoms with Crippen LogP contribution in [-0.2, 0) is 11.2 Å². The number of oxazole rings is 1. The third-order valence-electron chi connectivity index (χ3n) is 2.54. The molecule has 3 nitrogen and oxygen atoms in total.